The molecule has 0 saturated heterocycles. The molecule has 0 radical (unpaired) electrons. The van der Waals surface area contributed by atoms with Crippen LogP contribution in [0.5, 0.6) is 0 Å². The number of pyridine rings is 1. The number of carbonyl (C=O) groups excluding carboxylic acids is 1. The number of halogens is 1. The highest BCUT2D eigenvalue weighted by molar-refractivity contribution is 6.35. The molecule has 2 aromatic rings. The first-order valence-corrected chi connectivity index (χ1v) is 4.36. The lowest BCUT2D eigenvalue weighted by Crippen LogP contribution is -2.05. The predicted molar refractivity (Wildman–Crippen MR) is 55.0 cm³/mol. The summed E-state index contributed by atoms with van der Waals surface area (Å²) < 4.78 is 0. The van der Waals surface area contributed by atoms with Crippen molar-refractivity contribution in [2.45, 2.75) is 0 Å². The van der Waals surface area contributed by atoms with E-state index in [4.69, 9.17) is 11.6 Å². The fraction of sp³-hybridized carbons (Fsp3) is 0. The van der Waals surface area contributed by atoms with Gasteiger partial charge in [0.1, 0.15) is 6.29 Å². The highest BCUT2D eigenvalue weighted by atomic mass is 35.5. The number of hydrogen-bond donors (Lipinski definition) is 1. The van der Waals surface area contributed by atoms with E-state index in [2.05, 4.69) is 4.98 Å². The highest BCUT2D eigenvalue weighted by Crippen LogP contribution is 2.19. The van der Waals surface area contributed by atoms with Crippen LogP contribution in [0.25, 0.3) is 10.8 Å². The molecule has 0 saturated carbocycles. The van der Waals surface area contributed by atoms with Gasteiger partial charge < -0.3 is 4.98 Å². The van der Waals surface area contributed by atoms with Crippen LogP contribution in [0.4, 0.5) is 0 Å². The summed E-state index contributed by atoms with van der Waals surface area (Å²) in [7, 11) is 0. The topological polar surface area (TPSA) is 49.9 Å². The Labute approximate surface area is 84.3 Å². The maximum atomic E-state index is 11.4. The van der Waals surface area contributed by atoms with E-state index in [0.717, 1.165) is 0 Å². The molecule has 0 aliphatic carbocycles. The standard InChI is InChI=1S/C10H6ClNO2/c11-9-4-12-10(14)8-3-6(5-13)1-2-7(8)9/h1-5H,(H,12,14). The second kappa shape index (κ2) is 3.27. The number of aromatic nitrogens is 1. The third-order valence-electron chi connectivity index (χ3n) is 2.01. The number of benzene rings is 1. The van der Waals surface area contributed by atoms with E-state index in [1.807, 2.05) is 0 Å². The Balaban J connectivity index is 2.94. The summed E-state index contributed by atoms with van der Waals surface area (Å²) in [4.78, 5) is 24.4. The molecule has 1 N–H and O–H groups in total. The number of aldehydes is 1. The van der Waals surface area contributed by atoms with Gasteiger partial charge in [0.2, 0.25) is 0 Å². The number of rotatable bonds is 1. The summed E-state index contributed by atoms with van der Waals surface area (Å²) in [6, 6.07) is 4.81. The minimum Gasteiger partial charge on any atom is -0.327 e. The SMILES string of the molecule is O=Cc1ccc2c(Cl)c[nH]c(=O)c2c1. The van der Waals surface area contributed by atoms with E-state index in [0.29, 0.717) is 27.6 Å². The van der Waals surface area contributed by atoms with Crippen molar-refractivity contribution in [3.8, 4) is 0 Å². The van der Waals surface area contributed by atoms with Crippen molar-refractivity contribution in [3.05, 3.63) is 45.3 Å². The van der Waals surface area contributed by atoms with Crippen molar-refractivity contribution in [2.24, 2.45) is 0 Å². The molecule has 3 nitrogen and oxygen atoms in total. The molecule has 0 spiro atoms. The molecule has 0 bridgehead atoms. The van der Waals surface area contributed by atoms with E-state index in [1.165, 1.54) is 12.3 Å². The van der Waals surface area contributed by atoms with Crippen LogP contribution in [0.2, 0.25) is 5.02 Å². The molecule has 4 heteroatoms. The van der Waals surface area contributed by atoms with Gasteiger partial charge in [0.05, 0.1) is 5.02 Å². The van der Waals surface area contributed by atoms with Crippen LogP contribution in [0, 0.1) is 0 Å². The zero-order valence-corrected chi connectivity index (χ0v) is 7.84. The second-order valence-corrected chi connectivity index (χ2v) is 3.30. The zero-order valence-electron chi connectivity index (χ0n) is 7.08. The van der Waals surface area contributed by atoms with Gasteiger partial charge in [-0.25, -0.2) is 0 Å². The van der Waals surface area contributed by atoms with Gasteiger partial charge in [-0.3, -0.25) is 9.59 Å². The van der Waals surface area contributed by atoms with Gasteiger partial charge in [-0.1, -0.05) is 23.7 Å². The van der Waals surface area contributed by atoms with E-state index >= 15 is 0 Å². The van der Waals surface area contributed by atoms with Crippen LogP contribution < -0.4 is 5.56 Å². The Bertz CT molecular complexity index is 560. The summed E-state index contributed by atoms with van der Waals surface area (Å²) in [5.41, 5.74) is 0.221. The number of hydrogen-bond acceptors (Lipinski definition) is 2. The quantitative estimate of drug-likeness (QED) is 0.727. The predicted octanol–water partition coefficient (Wildman–Crippen LogP) is 1.99. The number of nitrogens with one attached hydrogen (secondary N) is 1. The largest absolute Gasteiger partial charge is 0.327 e. The molecule has 0 aliphatic heterocycles. The smallest absolute Gasteiger partial charge is 0.255 e. The van der Waals surface area contributed by atoms with Crippen molar-refractivity contribution in [3.63, 3.8) is 0 Å². The average Bonchev–Trinajstić information content (AvgIpc) is 2.23. The highest BCUT2D eigenvalue weighted by Gasteiger charge is 2.03. The van der Waals surface area contributed by atoms with Crippen molar-refractivity contribution in [1.29, 1.82) is 0 Å². The summed E-state index contributed by atoms with van der Waals surface area (Å²) in [6.45, 7) is 0. The van der Waals surface area contributed by atoms with Gasteiger partial charge in [0, 0.05) is 22.5 Å². The molecule has 0 amide bonds. The minimum absolute atomic E-state index is 0.242. The molecule has 14 heavy (non-hydrogen) atoms. The molecule has 0 atom stereocenters. The lowest BCUT2D eigenvalue weighted by molar-refractivity contribution is 0.112. The molecule has 70 valence electrons. The fourth-order valence-corrected chi connectivity index (χ4v) is 1.54. The van der Waals surface area contributed by atoms with Crippen LogP contribution in [0.3, 0.4) is 0 Å². The molecule has 0 fully saturated rings. The molecule has 0 unspecified atom stereocenters. The van der Waals surface area contributed by atoms with Crippen molar-refractivity contribution < 1.29 is 4.79 Å². The number of fused-ring (bicyclic) bond motifs is 1. The van der Waals surface area contributed by atoms with Gasteiger partial charge in [0.25, 0.3) is 5.56 Å². The number of carbonyl (C=O) groups is 1. The second-order valence-electron chi connectivity index (χ2n) is 2.89. The van der Waals surface area contributed by atoms with E-state index in [-0.39, 0.29) is 5.56 Å². The van der Waals surface area contributed by atoms with E-state index in [9.17, 15) is 9.59 Å². The first-order chi connectivity index (χ1) is 6.72. The third kappa shape index (κ3) is 1.32. The van der Waals surface area contributed by atoms with Crippen LogP contribution in [-0.4, -0.2) is 11.3 Å². The van der Waals surface area contributed by atoms with Gasteiger partial charge >= 0.3 is 0 Å². The molecule has 1 aromatic carbocycles. The van der Waals surface area contributed by atoms with Crippen molar-refractivity contribution in [1.82, 2.24) is 4.98 Å². The fourth-order valence-electron chi connectivity index (χ4n) is 1.32. The lowest BCUT2D eigenvalue weighted by atomic mass is 10.1. The molecular formula is C10H6ClNO2. The summed E-state index contributed by atoms with van der Waals surface area (Å²) in [6.07, 6.45) is 2.13. The number of H-pyrrole nitrogens is 1. The van der Waals surface area contributed by atoms with Gasteiger partial charge in [0.15, 0.2) is 0 Å². The Hall–Kier alpha value is -1.61. The molecule has 0 aliphatic rings. The molecule has 1 heterocycles. The summed E-state index contributed by atoms with van der Waals surface area (Å²) in [5, 5.41) is 1.56. The van der Waals surface area contributed by atoms with Gasteiger partial charge in [-0.2, -0.15) is 0 Å². The molecule has 1 aromatic heterocycles. The average molecular weight is 208 g/mol. The molecular weight excluding hydrogens is 202 g/mol. The Morgan fingerprint density at radius 2 is 2.07 bits per heavy atom. The van der Waals surface area contributed by atoms with Gasteiger partial charge in [-0.15, -0.1) is 0 Å². The van der Waals surface area contributed by atoms with E-state index in [1.54, 1.807) is 12.1 Å². The first kappa shape index (κ1) is 8.97. The van der Waals surface area contributed by atoms with Crippen molar-refractivity contribution in [2.75, 3.05) is 0 Å². The summed E-state index contributed by atoms with van der Waals surface area (Å²) >= 11 is 5.87. The van der Waals surface area contributed by atoms with Crippen LogP contribution >= 0.6 is 11.6 Å². The first-order valence-electron chi connectivity index (χ1n) is 3.98. The Morgan fingerprint density at radius 3 is 2.79 bits per heavy atom. The monoisotopic (exact) mass is 207 g/mol. The third-order valence-corrected chi connectivity index (χ3v) is 2.32. The van der Waals surface area contributed by atoms with Crippen LogP contribution in [-0.2, 0) is 0 Å². The maximum absolute atomic E-state index is 11.4. The van der Waals surface area contributed by atoms with Crippen LogP contribution in [0.1, 0.15) is 10.4 Å². The Kier molecular flexibility index (Phi) is 2.09. The Morgan fingerprint density at radius 1 is 1.29 bits per heavy atom. The lowest BCUT2D eigenvalue weighted by Gasteiger charge is -1.99. The maximum Gasteiger partial charge on any atom is 0.255 e. The molecule has 2 rings (SSSR count). The van der Waals surface area contributed by atoms with E-state index < -0.39 is 0 Å². The van der Waals surface area contributed by atoms with Gasteiger partial charge in [-0.05, 0) is 6.07 Å². The minimum atomic E-state index is -0.242. The number of aromatic amines is 1. The summed E-state index contributed by atoms with van der Waals surface area (Å²) in [5.74, 6) is 0. The van der Waals surface area contributed by atoms with Crippen molar-refractivity contribution >= 4 is 28.7 Å². The van der Waals surface area contributed by atoms with Crippen LogP contribution in [0.15, 0.2) is 29.2 Å². The zero-order chi connectivity index (χ0) is 10.1. The normalized spacial score (nSPS) is 10.4.